The summed E-state index contributed by atoms with van der Waals surface area (Å²) in [6.07, 6.45) is 0. The van der Waals surface area contributed by atoms with Crippen LogP contribution in [0.25, 0.3) is 11.0 Å². The Balaban J connectivity index is 1.87. The van der Waals surface area contributed by atoms with Gasteiger partial charge in [0, 0.05) is 18.0 Å². The summed E-state index contributed by atoms with van der Waals surface area (Å²) in [5.41, 5.74) is 0.831. The van der Waals surface area contributed by atoms with Crippen LogP contribution in [0.4, 0.5) is 8.78 Å². The van der Waals surface area contributed by atoms with E-state index in [1.807, 2.05) is 37.3 Å². The molecule has 3 rings (SSSR count). The van der Waals surface area contributed by atoms with E-state index in [4.69, 9.17) is 4.42 Å². The van der Waals surface area contributed by atoms with Crippen molar-refractivity contribution in [2.24, 2.45) is 0 Å². The Kier molecular flexibility index (Phi) is 3.86. The maximum atomic E-state index is 13.3. The van der Waals surface area contributed by atoms with Crippen molar-refractivity contribution in [3.63, 3.8) is 0 Å². The van der Waals surface area contributed by atoms with Crippen molar-refractivity contribution in [3.8, 4) is 0 Å². The third kappa shape index (κ3) is 2.82. The van der Waals surface area contributed by atoms with Gasteiger partial charge in [-0.25, -0.2) is 8.78 Å². The first kappa shape index (κ1) is 15.2. The van der Waals surface area contributed by atoms with Crippen molar-refractivity contribution in [1.29, 1.82) is 0 Å². The van der Waals surface area contributed by atoms with Gasteiger partial charge in [0.2, 0.25) is 0 Å². The predicted molar refractivity (Wildman–Crippen MR) is 83.1 cm³/mol. The molecule has 0 radical (unpaired) electrons. The van der Waals surface area contributed by atoms with Crippen molar-refractivity contribution in [1.82, 2.24) is 4.90 Å². The molecule has 1 atom stereocenters. The van der Waals surface area contributed by atoms with Crippen LogP contribution < -0.4 is 0 Å². The zero-order chi connectivity index (χ0) is 16.6. The highest BCUT2D eigenvalue weighted by molar-refractivity contribution is 5.94. The standard InChI is InChI=1S/C18H15F2NO2/c1-11(17-10-12-5-3-4-6-16(12)23-17)21(2)18(22)13-7-8-14(19)15(20)9-13/h3-11H,1-2H3/t11-/m1/s1. The second-order valence-electron chi connectivity index (χ2n) is 5.41. The summed E-state index contributed by atoms with van der Waals surface area (Å²) in [4.78, 5) is 13.9. The van der Waals surface area contributed by atoms with Gasteiger partial charge in [0.25, 0.3) is 5.91 Å². The van der Waals surface area contributed by atoms with Crippen molar-refractivity contribution in [3.05, 3.63) is 71.5 Å². The number of para-hydroxylation sites is 1. The van der Waals surface area contributed by atoms with Crippen LogP contribution in [0, 0.1) is 11.6 Å². The minimum atomic E-state index is -1.04. The maximum absolute atomic E-state index is 13.3. The Morgan fingerprint density at radius 1 is 1.09 bits per heavy atom. The molecule has 0 N–H and O–H groups in total. The summed E-state index contributed by atoms with van der Waals surface area (Å²) in [5.74, 6) is -1.79. The minimum absolute atomic E-state index is 0.0920. The number of benzene rings is 2. The fourth-order valence-electron chi connectivity index (χ4n) is 2.41. The molecule has 5 heteroatoms. The fourth-order valence-corrected chi connectivity index (χ4v) is 2.41. The zero-order valence-corrected chi connectivity index (χ0v) is 12.7. The van der Waals surface area contributed by atoms with E-state index in [9.17, 15) is 13.6 Å². The lowest BCUT2D eigenvalue weighted by Crippen LogP contribution is -2.29. The van der Waals surface area contributed by atoms with Crippen LogP contribution in [-0.2, 0) is 0 Å². The molecular formula is C18H15F2NO2. The number of furan rings is 1. The summed E-state index contributed by atoms with van der Waals surface area (Å²) in [6.45, 7) is 1.81. The van der Waals surface area contributed by atoms with Gasteiger partial charge in [-0.3, -0.25) is 4.79 Å². The molecule has 118 valence electrons. The molecule has 2 aromatic carbocycles. The third-order valence-electron chi connectivity index (χ3n) is 3.92. The molecule has 0 aliphatic carbocycles. The van der Waals surface area contributed by atoms with Gasteiger partial charge in [-0.1, -0.05) is 18.2 Å². The van der Waals surface area contributed by atoms with Gasteiger partial charge in [-0.15, -0.1) is 0 Å². The van der Waals surface area contributed by atoms with Gasteiger partial charge in [-0.2, -0.15) is 0 Å². The maximum Gasteiger partial charge on any atom is 0.254 e. The molecule has 3 nitrogen and oxygen atoms in total. The van der Waals surface area contributed by atoms with Crippen LogP contribution in [0.15, 0.2) is 52.9 Å². The van der Waals surface area contributed by atoms with Crippen LogP contribution in [-0.4, -0.2) is 17.9 Å². The average molecular weight is 315 g/mol. The van der Waals surface area contributed by atoms with Crippen molar-refractivity contribution >= 4 is 16.9 Å². The molecular weight excluding hydrogens is 300 g/mol. The molecule has 1 aromatic heterocycles. The SMILES string of the molecule is C[C@H](c1cc2ccccc2o1)N(C)C(=O)c1ccc(F)c(F)c1. The van der Waals surface area contributed by atoms with E-state index < -0.39 is 17.5 Å². The number of rotatable bonds is 3. The number of hydrogen-bond acceptors (Lipinski definition) is 2. The van der Waals surface area contributed by atoms with Crippen LogP contribution in [0.3, 0.4) is 0 Å². The van der Waals surface area contributed by atoms with Crippen LogP contribution >= 0.6 is 0 Å². The Hall–Kier alpha value is -2.69. The van der Waals surface area contributed by atoms with Gasteiger partial charge < -0.3 is 9.32 Å². The first-order valence-corrected chi connectivity index (χ1v) is 7.18. The second kappa shape index (κ2) is 5.83. The van der Waals surface area contributed by atoms with E-state index in [0.29, 0.717) is 5.76 Å². The minimum Gasteiger partial charge on any atom is -0.459 e. The monoisotopic (exact) mass is 315 g/mol. The summed E-state index contributed by atoms with van der Waals surface area (Å²) in [6, 6.07) is 12.2. The van der Waals surface area contributed by atoms with Crippen molar-refractivity contribution in [2.45, 2.75) is 13.0 Å². The van der Waals surface area contributed by atoms with Crippen LogP contribution in [0.2, 0.25) is 0 Å². The summed E-state index contributed by atoms with van der Waals surface area (Å²) in [5, 5.41) is 0.947. The molecule has 1 amide bonds. The Bertz CT molecular complexity index is 839. The van der Waals surface area contributed by atoms with E-state index in [0.717, 1.165) is 23.1 Å². The lowest BCUT2D eigenvalue weighted by atomic mass is 10.1. The first-order valence-electron chi connectivity index (χ1n) is 7.18. The highest BCUT2D eigenvalue weighted by Crippen LogP contribution is 2.27. The number of carbonyl (C=O) groups is 1. The molecule has 0 bridgehead atoms. The highest BCUT2D eigenvalue weighted by atomic mass is 19.2. The molecule has 0 saturated carbocycles. The zero-order valence-electron chi connectivity index (χ0n) is 12.7. The summed E-state index contributed by atoms with van der Waals surface area (Å²) < 4.78 is 32.0. The molecule has 0 spiro atoms. The molecule has 0 unspecified atom stereocenters. The van der Waals surface area contributed by atoms with Gasteiger partial charge >= 0.3 is 0 Å². The second-order valence-corrected chi connectivity index (χ2v) is 5.41. The number of carbonyl (C=O) groups excluding carboxylic acids is 1. The molecule has 1 heterocycles. The smallest absolute Gasteiger partial charge is 0.254 e. The van der Waals surface area contributed by atoms with Crippen LogP contribution in [0.5, 0.6) is 0 Å². The molecule has 23 heavy (non-hydrogen) atoms. The predicted octanol–water partition coefficient (Wildman–Crippen LogP) is 4.54. The lowest BCUT2D eigenvalue weighted by Gasteiger charge is -2.23. The number of hydrogen-bond donors (Lipinski definition) is 0. The van der Waals surface area contributed by atoms with Gasteiger partial charge in [0.1, 0.15) is 11.3 Å². The van der Waals surface area contributed by atoms with Crippen LogP contribution in [0.1, 0.15) is 29.1 Å². The highest BCUT2D eigenvalue weighted by Gasteiger charge is 2.22. The van der Waals surface area contributed by atoms with E-state index >= 15 is 0 Å². The lowest BCUT2D eigenvalue weighted by molar-refractivity contribution is 0.0727. The quantitative estimate of drug-likeness (QED) is 0.711. The first-order chi connectivity index (χ1) is 11.0. The fraction of sp³-hybridized carbons (Fsp3) is 0.167. The van der Waals surface area contributed by atoms with Crippen molar-refractivity contribution < 1.29 is 18.0 Å². The Labute approximate surface area is 132 Å². The summed E-state index contributed by atoms with van der Waals surface area (Å²) in [7, 11) is 1.60. The van der Waals surface area contributed by atoms with Gasteiger partial charge in [0.15, 0.2) is 11.6 Å². The normalized spacial score (nSPS) is 12.3. The largest absolute Gasteiger partial charge is 0.459 e. The van der Waals surface area contributed by atoms with E-state index in [2.05, 4.69) is 0 Å². The topological polar surface area (TPSA) is 33.5 Å². The van der Waals surface area contributed by atoms with E-state index in [1.165, 1.54) is 11.0 Å². The Morgan fingerprint density at radius 2 is 1.83 bits per heavy atom. The van der Waals surface area contributed by atoms with Crippen molar-refractivity contribution in [2.75, 3.05) is 7.05 Å². The van der Waals surface area contributed by atoms with Gasteiger partial charge in [0.05, 0.1) is 6.04 Å². The molecule has 0 saturated heterocycles. The molecule has 0 fully saturated rings. The number of amides is 1. The average Bonchev–Trinajstić information content (AvgIpc) is 2.99. The Morgan fingerprint density at radius 3 is 2.52 bits per heavy atom. The molecule has 3 aromatic rings. The molecule has 0 aliphatic rings. The number of nitrogens with zero attached hydrogens (tertiary/aromatic N) is 1. The van der Waals surface area contributed by atoms with E-state index in [1.54, 1.807) is 7.05 Å². The van der Waals surface area contributed by atoms with E-state index in [-0.39, 0.29) is 11.6 Å². The third-order valence-corrected chi connectivity index (χ3v) is 3.92. The summed E-state index contributed by atoms with van der Waals surface area (Å²) >= 11 is 0. The number of fused-ring (bicyclic) bond motifs is 1. The molecule has 0 aliphatic heterocycles. The number of halogens is 2. The van der Waals surface area contributed by atoms with Gasteiger partial charge in [-0.05, 0) is 37.3 Å².